The third-order valence-electron chi connectivity index (χ3n) is 2.54. The van der Waals surface area contributed by atoms with E-state index >= 15 is 0 Å². The molecule has 0 N–H and O–H groups in total. The smallest absolute Gasteiger partial charge is 0.176 e. The third-order valence-corrected chi connectivity index (χ3v) is 2.54. The number of benzene rings is 1. The van der Waals surface area contributed by atoms with Crippen LogP contribution in [-0.4, -0.2) is 10.4 Å². The van der Waals surface area contributed by atoms with E-state index in [0.717, 1.165) is 12.4 Å². The number of hydrogen-bond acceptors (Lipinski definition) is 1. The zero-order valence-corrected chi connectivity index (χ0v) is 9.28. The van der Waals surface area contributed by atoms with Crippen LogP contribution < -0.4 is 0 Å². The molecule has 0 saturated heterocycles. The zero-order chi connectivity index (χ0) is 12.4. The molecule has 0 unspecified atom stereocenters. The van der Waals surface area contributed by atoms with Gasteiger partial charge in [-0.05, 0) is 24.3 Å². The number of nitrogens with zero attached hydrogens (tertiary/aromatic N) is 1. The van der Waals surface area contributed by atoms with Gasteiger partial charge in [0.25, 0.3) is 0 Å². The molecule has 4 heteroatoms. The molecule has 0 radical (unpaired) electrons. The van der Waals surface area contributed by atoms with Gasteiger partial charge in [0.15, 0.2) is 17.4 Å². The van der Waals surface area contributed by atoms with Crippen molar-refractivity contribution in [2.24, 2.45) is 0 Å². The number of ketones is 1. The molecule has 88 valence electrons. The molecule has 0 aliphatic rings. The molecule has 0 atom stereocenters. The van der Waals surface area contributed by atoms with Gasteiger partial charge in [-0.2, -0.15) is 0 Å². The lowest BCUT2D eigenvalue weighted by Crippen LogP contribution is -1.97. The monoisotopic (exact) mass is 235 g/mol. The average Bonchev–Trinajstić information content (AvgIpc) is 2.69. The molecule has 0 aliphatic heterocycles. The zero-order valence-electron chi connectivity index (χ0n) is 9.28. The van der Waals surface area contributed by atoms with Gasteiger partial charge in [0, 0.05) is 30.1 Å². The number of Topliss-reactive ketones (excluding diaryl/α,β-unsaturated/α-hetero) is 1. The molecule has 2 nitrogen and oxygen atoms in total. The highest BCUT2D eigenvalue weighted by atomic mass is 19.2. The first-order valence-corrected chi connectivity index (χ1v) is 5.28. The molecule has 17 heavy (non-hydrogen) atoms. The molecule has 0 amide bonds. The van der Waals surface area contributed by atoms with Gasteiger partial charge in [0.2, 0.25) is 0 Å². The summed E-state index contributed by atoms with van der Waals surface area (Å²) in [7, 11) is 0. The number of aromatic nitrogens is 1. The van der Waals surface area contributed by atoms with Crippen LogP contribution in [0.2, 0.25) is 0 Å². The summed E-state index contributed by atoms with van der Waals surface area (Å²) in [4.78, 5) is 11.4. The van der Waals surface area contributed by atoms with Gasteiger partial charge in [-0.25, -0.2) is 8.78 Å². The van der Waals surface area contributed by atoms with Crippen molar-refractivity contribution in [2.45, 2.75) is 13.3 Å². The van der Waals surface area contributed by atoms with Crippen LogP contribution in [-0.2, 0) is 0 Å². The van der Waals surface area contributed by atoms with Gasteiger partial charge >= 0.3 is 0 Å². The summed E-state index contributed by atoms with van der Waals surface area (Å²) in [6.07, 6.45) is 2.56. The van der Waals surface area contributed by atoms with Crippen LogP contribution in [0.5, 0.6) is 0 Å². The second-order valence-corrected chi connectivity index (χ2v) is 3.68. The Bertz CT molecular complexity index is 524. The standard InChI is InChI=1S/C13H11F2NO/c1-2-13(17)9-3-5-10(6-4-9)16-7-11(14)12(15)8-16/h3-8H,2H2,1H3. The highest BCUT2D eigenvalue weighted by molar-refractivity contribution is 5.95. The molecule has 1 aromatic carbocycles. The van der Waals surface area contributed by atoms with Gasteiger partial charge in [-0.3, -0.25) is 4.79 Å². The van der Waals surface area contributed by atoms with E-state index < -0.39 is 11.6 Å². The maximum absolute atomic E-state index is 12.8. The van der Waals surface area contributed by atoms with E-state index in [4.69, 9.17) is 0 Å². The molecule has 0 fully saturated rings. The maximum atomic E-state index is 12.8. The maximum Gasteiger partial charge on any atom is 0.176 e. The lowest BCUT2D eigenvalue weighted by molar-refractivity contribution is 0.0988. The van der Waals surface area contributed by atoms with Crippen molar-refractivity contribution in [2.75, 3.05) is 0 Å². The van der Waals surface area contributed by atoms with Gasteiger partial charge in [-0.1, -0.05) is 6.92 Å². The van der Waals surface area contributed by atoms with E-state index in [0.29, 0.717) is 17.7 Å². The minimum Gasteiger partial charge on any atom is -0.318 e. The van der Waals surface area contributed by atoms with E-state index in [1.807, 2.05) is 0 Å². The van der Waals surface area contributed by atoms with E-state index in [9.17, 15) is 13.6 Å². The lowest BCUT2D eigenvalue weighted by atomic mass is 10.1. The normalized spacial score (nSPS) is 10.5. The Hall–Kier alpha value is -1.97. The molecular weight excluding hydrogens is 224 g/mol. The number of rotatable bonds is 3. The first kappa shape index (κ1) is 11.5. The topological polar surface area (TPSA) is 22.0 Å². The molecular formula is C13H11F2NO. The molecule has 0 aliphatic carbocycles. The third kappa shape index (κ3) is 2.25. The Labute approximate surface area is 97.5 Å². The Morgan fingerprint density at radius 1 is 1.12 bits per heavy atom. The number of carbonyl (C=O) groups is 1. The van der Waals surface area contributed by atoms with Gasteiger partial charge in [0.1, 0.15) is 0 Å². The molecule has 1 aromatic heterocycles. The van der Waals surface area contributed by atoms with Crippen molar-refractivity contribution < 1.29 is 13.6 Å². The van der Waals surface area contributed by atoms with Crippen molar-refractivity contribution in [3.63, 3.8) is 0 Å². The van der Waals surface area contributed by atoms with Crippen LogP contribution >= 0.6 is 0 Å². The van der Waals surface area contributed by atoms with Crippen molar-refractivity contribution in [1.29, 1.82) is 0 Å². The van der Waals surface area contributed by atoms with E-state index in [1.54, 1.807) is 31.2 Å². The molecule has 0 spiro atoms. The fourth-order valence-electron chi connectivity index (χ4n) is 1.58. The van der Waals surface area contributed by atoms with Crippen LogP contribution in [0.1, 0.15) is 23.7 Å². The summed E-state index contributed by atoms with van der Waals surface area (Å²) < 4.78 is 27.0. The van der Waals surface area contributed by atoms with Crippen molar-refractivity contribution in [3.8, 4) is 5.69 Å². The predicted octanol–water partition coefficient (Wildman–Crippen LogP) is 3.35. The SMILES string of the molecule is CCC(=O)c1ccc(-n2cc(F)c(F)c2)cc1. The van der Waals surface area contributed by atoms with Crippen LogP contribution in [0, 0.1) is 11.6 Å². The Balaban J connectivity index is 2.32. The van der Waals surface area contributed by atoms with E-state index in [2.05, 4.69) is 0 Å². The minimum absolute atomic E-state index is 0.0430. The fraction of sp³-hybridized carbons (Fsp3) is 0.154. The highest BCUT2D eigenvalue weighted by Gasteiger charge is 2.07. The molecule has 0 bridgehead atoms. The summed E-state index contributed by atoms with van der Waals surface area (Å²) in [5, 5.41) is 0. The first-order chi connectivity index (χ1) is 8.11. The fourth-order valence-corrected chi connectivity index (χ4v) is 1.58. The van der Waals surface area contributed by atoms with Crippen molar-refractivity contribution >= 4 is 5.78 Å². The van der Waals surface area contributed by atoms with Crippen LogP contribution in [0.15, 0.2) is 36.7 Å². The molecule has 2 aromatic rings. The second-order valence-electron chi connectivity index (χ2n) is 3.68. The summed E-state index contributed by atoms with van der Waals surface area (Å²) in [6.45, 7) is 1.78. The molecule has 2 rings (SSSR count). The highest BCUT2D eigenvalue weighted by Crippen LogP contribution is 2.15. The van der Waals surface area contributed by atoms with Crippen molar-refractivity contribution in [3.05, 3.63) is 53.9 Å². The first-order valence-electron chi connectivity index (χ1n) is 5.28. The van der Waals surface area contributed by atoms with Gasteiger partial charge in [-0.15, -0.1) is 0 Å². The average molecular weight is 235 g/mol. The largest absolute Gasteiger partial charge is 0.318 e. The lowest BCUT2D eigenvalue weighted by Gasteiger charge is -2.03. The van der Waals surface area contributed by atoms with E-state index in [1.165, 1.54) is 4.57 Å². The summed E-state index contributed by atoms with van der Waals surface area (Å²) in [5.41, 5.74) is 1.21. The van der Waals surface area contributed by atoms with Gasteiger partial charge in [0.05, 0.1) is 0 Å². The number of carbonyl (C=O) groups excluding carboxylic acids is 1. The Morgan fingerprint density at radius 3 is 2.12 bits per heavy atom. The van der Waals surface area contributed by atoms with Crippen LogP contribution in [0.4, 0.5) is 8.78 Å². The van der Waals surface area contributed by atoms with Crippen LogP contribution in [0.3, 0.4) is 0 Å². The molecule has 1 heterocycles. The van der Waals surface area contributed by atoms with Gasteiger partial charge < -0.3 is 4.57 Å². The summed E-state index contributed by atoms with van der Waals surface area (Å²) in [6, 6.07) is 6.61. The Morgan fingerprint density at radius 2 is 1.65 bits per heavy atom. The molecule has 0 saturated carbocycles. The number of hydrogen-bond donors (Lipinski definition) is 0. The summed E-state index contributed by atoms with van der Waals surface area (Å²) in [5.74, 6) is -1.74. The van der Waals surface area contributed by atoms with Crippen LogP contribution in [0.25, 0.3) is 5.69 Å². The van der Waals surface area contributed by atoms with E-state index in [-0.39, 0.29) is 5.78 Å². The minimum atomic E-state index is -0.890. The second kappa shape index (κ2) is 4.49. The number of halogens is 2. The predicted molar refractivity (Wildman–Crippen MR) is 60.3 cm³/mol. The quantitative estimate of drug-likeness (QED) is 0.748. The summed E-state index contributed by atoms with van der Waals surface area (Å²) >= 11 is 0. The Kier molecular flexibility index (Phi) is 3.04. The van der Waals surface area contributed by atoms with Crippen molar-refractivity contribution in [1.82, 2.24) is 4.57 Å².